The van der Waals surface area contributed by atoms with Crippen LogP contribution in [-0.4, -0.2) is 23.6 Å². The van der Waals surface area contributed by atoms with Crippen molar-refractivity contribution < 1.29 is 9.90 Å². The molecule has 0 fully saturated rings. The molecule has 4 N–H and O–H groups in total. The van der Waals surface area contributed by atoms with Gasteiger partial charge in [-0.15, -0.1) is 5.92 Å². The first kappa shape index (κ1) is 13.1. The van der Waals surface area contributed by atoms with Gasteiger partial charge in [0, 0.05) is 0 Å². The Kier molecular flexibility index (Phi) is 5.05. The van der Waals surface area contributed by atoms with Crippen molar-refractivity contribution in [3.05, 3.63) is 29.8 Å². The molecule has 0 bridgehead atoms. The van der Waals surface area contributed by atoms with E-state index in [1.54, 1.807) is 31.2 Å². The number of phenols is 1. The highest BCUT2D eigenvalue weighted by Crippen LogP contribution is 2.10. The summed E-state index contributed by atoms with van der Waals surface area (Å²) in [5.41, 5.74) is 6.66. The van der Waals surface area contributed by atoms with E-state index in [2.05, 4.69) is 17.2 Å². The minimum absolute atomic E-state index is 0.199. The zero-order valence-electron chi connectivity index (χ0n) is 9.73. The second kappa shape index (κ2) is 6.56. The van der Waals surface area contributed by atoms with E-state index in [0.29, 0.717) is 13.0 Å². The quantitative estimate of drug-likeness (QED) is 0.658. The first-order chi connectivity index (χ1) is 8.13. The Balaban J connectivity index is 2.47. The fraction of sp³-hybridized carbons (Fsp3) is 0.308. The smallest absolute Gasteiger partial charge is 0.238 e. The van der Waals surface area contributed by atoms with Crippen LogP contribution in [0.3, 0.4) is 0 Å². The molecule has 0 unspecified atom stereocenters. The molecule has 0 aliphatic heterocycles. The molecule has 1 amide bonds. The number of phenolic OH excluding ortho intramolecular Hbond substituents is 1. The number of nitrogens with one attached hydrogen (secondary N) is 1. The maximum atomic E-state index is 11.5. The summed E-state index contributed by atoms with van der Waals surface area (Å²) in [7, 11) is 0. The summed E-state index contributed by atoms with van der Waals surface area (Å²) in [5, 5.41) is 11.7. The third kappa shape index (κ3) is 4.58. The zero-order chi connectivity index (χ0) is 12.7. The number of carbonyl (C=O) groups is 1. The highest BCUT2D eigenvalue weighted by Gasteiger charge is 2.12. The largest absolute Gasteiger partial charge is 0.508 e. The molecule has 1 aromatic carbocycles. The summed E-state index contributed by atoms with van der Waals surface area (Å²) in [6.45, 7) is 2.03. The summed E-state index contributed by atoms with van der Waals surface area (Å²) >= 11 is 0. The van der Waals surface area contributed by atoms with Crippen LogP contribution >= 0.6 is 0 Å². The molecule has 1 rings (SSSR count). The molecule has 0 heterocycles. The maximum Gasteiger partial charge on any atom is 0.238 e. The molecule has 0 aromatic heterocycles. The second-order valence-corrected chi connectivity index (χ2v) is 3.62. The lowest BCUT2D eigenvalue weighted by atomic mass is 10.1. The van der Waals surface area contributed by atoms with Crippen molar-refractivity contribution in [1.29, 1.82) is 0 Å². The number of aromatic hydroxyl groups is 1. The van der Waals surface area contributed by atoms with Crippen molar-refractivity contribution in [2.75, 3.05) is 6.54 Å². The van der Waals surface area contributed by atoms with Gasteiger partial charge in [0.25, 0.3) is 0 Å². The normalized spacial score (nSPS) is 11.2. The van der Waals surface area contributed by atoms with E-state index in [1.807, 2.05) is 0 Å². The van der Waals surface area contributed by atoms with Crippen LogP contribution in [-0.2, 0) is 11.2 Å². The summed E-state index contributed by atoms with van der Waals surface area (Å²) in [6, 6.07) is 6.03. The molecule has 0 saturated heterocycles. The molecule has 90 valence electrons. The van der Waals surface area contributed by atoms with Gasteiger partial charge in [-0.05, 0) is 31.0 Å². The second-order valence-electron chi connectivity index (χ2n) is 3.62. The Labute approximate surface area is 101 Å². The van der Waals surface area contributed by atoms with Crippen molar-refractivity contribution in [3.8, 4) is 17.6 Å². The number of amides is 1. The lowest BCUT2D eigenvalue weighted by Gasteiger charge is -2.10. The topological polar surface area (TPSA) is 75.4 Å². The van der Waals surface area contributed by atoms with Crippen LogP contribution in [0.15, 0.2) is 24.3 Å². The minimum Gasteiger partial charge on any atom is -0.508 e. The Morgan fingerprint density at radius 2 is 2.12 bits per heavy atom. The van der Waals surface area contributed by atoms with E-state index in [-0.39, 0.29) is 11.7 Å². The van der Waals surface area contributed by atoms with Gasteiger partial charge in [-0.2, -0.15) is 0 Å². The van der Waals surface area contributed by atoms with Crippen molar-refractivity contribution in [2.24, 2.45) is 5.73 Å². The van der Waals surface area contributed by atoms with E-state index < -0.39 is 6.04 Å². The van der Waals surface area contributed by atoms with Crippen LogP contribution < -0.4 is 11.1 Å². The Morgan fingerprint density at radius 3 is 2.71 bits per heavy atom. The molecular weight excluding hydrogens is 216 g/mol. The standard InChI is InChI=1S/C13H16N2O2/c1-2-3-8-15-13(17)12(14)9-10-4-6-11(16)7-5-10/h4-7,12,16H,8-9,14H2,1H3,(H,15,17)/t12-/m0/s1. The Hall–Kier alpha value is -1.99. The van der Waals surface area contributed by atoms with Gasteiger partial charge in [-0.3, -0.25) is 4.79 Å². The van der Waals surface area contributed by atoms with Crippen molar-refractivity contribution in [3.63, 3.8) is 0 Å². The van der Waals surface area contributed by atoms with Crippen molar-refractivity contribution in [1.82, 2.24) is 5.32 Å². The molecule has 1 atom stereocenters. The summed E-state index contributed by atoms with van der Waals surface area (Å²) in [4.78, 5) is 11.5. The van der Waals surface area contributed by atoms with Crippen LogP contribution in [0.1, 0.15) is 12.5 Å². The lowest BCUT2D eigenvalue weighted by molar-refractivity contribution is -0.122. The molecule has 1 aromatic rings. The molecule has 17 heavy (non-hydrogen) atoms. The summed E-state index contributed by atoms with van der Waals surface area (Å²) in [5.74, 6) is 5.40. The minimum atomic E-state index is -0.599. The molecule has 0 aliphatic carbocycles. The fourth-order valence-corrected chi connectivity index (χ4v) is 1.33. The van der Waals surface area contributed by atoms with Gasteiger partial charge < -0.3 is 16.2 Å². The molecule has 0 spiro atoms. The Bertz CT molecular complexity index is 429. The van der Waals surface area contributed by atoms with Gasteiger partial charge in [0.15, 0.2) is 0 Å². The van der Waals surface area contributed by atoms with E-state index in [0.717, 1.165) is 5.56 Å². The van der Waals surface area contributed by atoms with E-state index >= 15 is 0 Å². The number of benzene rings is 1. The molecular formula is C13H16N2O2. The fourth-order valence-electron chi connectivity index (χ4n) is 1.33. The SMILES string of the molecule is CC#CCNC(=O)[C@@H](N)Cc1ccc(O)cc1. The van der Waals surface area contributed by atoms with Gasteiger partial charge in [-0.1, -0.05) is 18.1 Å². The third-order valence-corrected chi connectivity index (χ3v) is 2.26. The maximum absolute atomic E-state index is 11.5. The van der Waals surface area contributed by atoms with Gasteiger partial charge in [0.05, 0.1) is 12.6 Å². The number of hydrogen-bond donors (Lipinski definition) is 3. The van der Waals surface area contributed by atoms with Gasteiger partial charge in [-0.25, -0.2) is 0 Å². The highest BCUT2D eigenvalue weighted by atomic mass is 16.3. The van der Waals surface area contributed by atoms with Crippen LogP contribution in [0, 0.1) is 11.8 Å². The predicted octanol–water partition coefficient (Wildman–Crippen LogP) is 0.402. The number of carbonyl (C=O) groups excluding carboxylic acids is 1. The number of hydrogen-bond acceptors (Lipinski definition) is 3. The monoisotopic (exact) mass is 232 g/mol. The van der Waals surface area contributed by atoms with Crippen LogP contribution in [0.4, 0.5) is 0 Å². The zero-order valence-corrected chi connectivity index (χ0v) is 9.73. The molecule has 4 heteroatoms. The highest BCUT2D eigenvalue weighted by molar-refractivity contribution is 5.82. The van der Waals surface area contributed by atoms with E-state index in [4.69, 9.17) is 10.8 Å². The van der Waals surface area contributed by atoms with Gasteiger partial charge in [0.1, 0.15) is 5.75 Å². The molecule has 0 saturated carbocycles. The van der Waals surface area contributed by atoms with Gasteiger partial charge >= 0.3 is 0 Å². The first-order valence-corrected chi connectivity index (χ1v) is 5.34. The lowest BCUT2D eigenvalue weighted by Crippen LogP contribution is -2.42. The number of rotatable bonds is 4. The average Bonchev–Trinajstić information content (AvgIpc) is 2.32. The molecule has 0 aliphatic rings. The van der Waals surface area contributed by atoms with Gasteiger partial charge in [0.2, 0.25) is 5.91 Å². The number of nitrogens with two attached hydrogens (primary N) is 1. The summed E-state index contributed by atoms with van der Waals surface area (Å²) < 4.78 is 0. The summed E-state index contributed by atoms with van der Waals surface area (Å²) in [6.07, 6.45) is 0.436. The molecule has 0 radical (unpaired) electrons. The first-order valence-electron chi connectivity index (χ1n) is 5.34. The predicted molar refractivity (Wildman–Crippen MR) is 66.2 cm³/mol. The average molecular weight is 232 g/mol. The van der Waals surface area contributed by atoms with Crippen LogP contribution in [0.2, 0.25) is 0 Å². The van der Waals surface area contributed by atoms with Crippen molar-refractivity contribution >= 4 is 5.91 Å². The molecule has 4 nitrogen and oxygen atoms in total. The van der Waals surface area contributed by atoms with Crippen LogP contribution in [0.5, 0.6) is 5.75 Å². The van der Waals surface area contributed by atoms with E-state index in [9.17, 15) is 4.79 Å². The van der Waals surface area contributed by atoms with Crippen LogP contribution in [0.25, 0.3) is 0 Å². The van der Waals surface area contributed by atoms with Crippen molar-refractivity contribution in [2.45, 2.75) is 19.4 Å². The van der Waals surface area contributed by atoms with E-state index in [1.165, 1.54) is 0 Å². The Morgan fingerprint density at radius 1 is 1.47 bits per heavy atom. The third-order valence-electron chi connectivity index (χ3n) is 2.26.